The number of carbonyl (C=O) groups is 2. The first-order chi connectivity index (χ1) is 16.5. The molecule has 1 aliphatic rings. The topological polar surface area (TPSA) is 125 Å². The van der Waals surface area contributed by atoms with E-state index < -0.39 is 0 Å². The zero-order valence-electron chi connectivity index (χ0n) is 19.5. The highest BCUT2D eigenvalue weighted by Gasteiger charge is 2.30. The lowest BCUT2D eigenvalue weighted by molar-refractivity contribution is 0.0630. The van der Waals surface area contributed by atoms with Crippen LogP contribution in [0.3, 0.4) is 0 Å². The monoisotopic (exact) mass is 466 g/mol. The number of benzene rings is 1. The van der Waals surface area contributed by atoms with Crippen molar-refractivity contribution in [1.29, 1.82) is 0 Å². The van der Waals surface area contributed by atoms with E-state index in [-0.39, 0.29) is 17.9 Å². The number of nitrogen functional groups attached to an aromatic ring is 1. The van der Waals surface area contributed by atoms with Crippen LogP contribution in [0.5, 0.6) is 0 Å². The number of methoxy groups -OCH3 is 2. The molecule has 3 heterocycles. The zero-order chi connectivity index (χ0) is 24.1. The fourth-order valence-corrected chi connectivity index (χ4v) is 4.29. The average Bonchev–Trinajstić information content (AvgIpc) is 3.43. The summed E-state index contributed by atoms with van der Waals surface area (Å²) in [5.41, 5.74) is 8.33. The molecule has 180 valence electrons. The first kappa shape index (κ1) is 23.7. The first-order valence-electron chi connectivity index (χ1n) is 11.3. The summed E-state index contributed by atoms with van der Waals surface area (Å²) in [7, 11) is 3.28. The second-order valence-corrected chi connectivity index (χ2v) is 8.33. The molecule has 0 aliphatic carbocycles. The van der Waals surface area contributed by atoms with E-state index in [4.69, 9.17) is 15.2 Å². The normalized spacial score (nSPS) is 15.7. The fraction of sp³-hybridized carbons (Fsp3) is 0.417. The van der Waals surface area contributed by atoms with Crippen molar-refractivity contribution < 1.29 is 19.1 Å². The van der Waals surface area contributed by atoms with Gasteiger partial charge in [-0.15, -0.1) is 0 Å². The Morgan fingerprint density at radius 1 is 1.21 bits per heavy atom. The Morgan fingerprint density at radius 2 is 2.06 bits per heavy atom. The number of amides is 2. The minimum atomic E-state index is -0.327. The van der Waals surface area contributed by atoms with Gasteiger partial charge in [0.15, 0.2) is 5.65 Å². The third-order valence-electron chi connectivity index (χ3n) is 5.93. The van der Waals surface area contributed by atoms with Crippen LogP contribution in [-0.2, 0) is 16.0 Å². The third kappa shape index (κ3) is 5.02. The van der Waals surface area contributed by atoms with Crippen molar-refractivity contribution in [3.8, 4) is 0 Å². The van der Waals surface area contributed by atoms with Gasteiger partial charge >= 0.3 is 0 Å². The highest BCUT2D eigenvalue weighted by molar-refractivity contribution is 6.04. The molecule has 1 aromatic carbocycles. The molecule has 10 nitrogen and oxygen atoms in total. The van der Waals surface area contributed by atoms with Gasteiger partial charge in [-0.2, -0.15) is 0 Å². The maximum atomic E-state index is 13.2. The number of pyridine rings is 1. The predicted octanol–water partition coefficient (Wildman–Crippen LogP) is 2.55. The van der Waals surface area contributed by atoms with Gasteiger partial charge in [-0.05, 0) is 43.5 Å². The Kier molecular flexibility index (Phi) is 7.39. The smallest absolute Gasteiger partial charge is 0.258 e. The number of rotatable bonds is 9. The fourth-order valence-electron chi connectivity index (χ4n) is 4.29. The number of carbonyl (C=O) groups excluding carboxylic acids is 2. The molecular formula is C24H30N6O4. The van der Waals surface area contributed by atoms with Crippen LogP contribution >= 0.6 is 0 Å². The molecule has 3 aromatic rings. The molecule has 34 heavy (non-hydrogen) atoms. The summed E-state index contributed by atoms with van der Waals surface area (Å²) >= 11 is 0. The lowest BCUT2D eigenvalue weighted by Crippen LogP contribution is -2.38. The van der Waals surface area contributed by atoms with Gasteiger partial charge in [0.25, 0.3) is 11.8 Å². The van der Waals surface area contributed by atoms with E-state index in [1.54, 1.807) is 50.7 Å². The highest BCUT2D eigenvalue weighted by atomic mass is 16.5. The number of nitrogens with one attached hydrogen (secondary N) is 1. The molecule has 1 aliphatic heterocycles. The molecule has 1 saturated heterocycles. The van der Waals surface area contributed by atoms with E-state index in [0.717, 1.165) is 12.8 Å². The van der Waals surface area contributed by atoms with Gasteiger partial charge in [-0.3, -0.25) is 19.5 Å². The molecule has 4 rings (SSSR count). The van der Waals surface area contributed by atoms with E-state index >= 15 is 0 Å². The van der Waals surface area contributed by atoms with Crippen molar-refractivity contribution in [2.75, 3.05) is 45.0 Å². The van der Waals surface area contributed by atoms with Crippen LogP contribution < -0.4 is 11.1 Å². The Labute approximate surface area is 198 Å². The Hall–Kier alpha value is -3.50. The van der Waals surface area contributed by atoms with E-state index in [2.05, 4.69) is 15.3 Å². The van der Waals surface area contributed by atoms with Crippen LogP contribution in [0.25, 0.3) is 11.2 Å². The Bertz CT molecular complexity index is 1180. The van der Waals surface area contributed by atoms with Crippen molar-refractivity contribution in [3.63, 3.8) is 0 Å². The molecule has 0 spiro atoms. The van der Waals surface area contributed by atoms with E-state index in [1.165, 1.54) is 0 Å². The largest absolute Gasteiger partial charge is 0.399 e. The number of aryl methyl sites for hydroxylation is 1. The quantitative estimate of drug-likeness (QED) is 0.367. The van der Waals surface area contributed by atoms with Gasteiger partial charge in [0, 0.05) is 51.4 Å². The van der Waals surface area contributed by atoms with Gasteiger partial charge in [0.05, 0.1) is 18.2 Å². The van der Waals surface area contributed by atoms with Gasteiger partial charge in [0.1, 0.15) is 5.52 Å². The molecule has 0 saturated carbocycles. The number of nitrogens with zero attached hydrogens (tertiary/aromatic N) is 4. The minimum Gasteiger partial charge on any atom is -0.399 e. The van der Waals surface area contributed by atoms with Crippen molar-refractivity contribution in [2.24, 2.45) is 0 Å². The van der Waals surface area contributed by atoms with Crippen molar-refractivity contribution in [3.05, 3.63) is 47.7 Å². The maximum Gasteiger partial charge on any atom is 0.258 e. The van der Waals surface area contributed by atoms with E-state index in [1.807, 2.05) is 9.47 Å². The lowest BCUT2D eigenvalue weighted by atomic mass is 10.2. The summed E-state index contributed by atoms with van der Waals surface area (Å²) in [6.07, 6.45) is 4.15. The number of nitrogens with two attached hydrogens (primary N) is 1. The predicted molar refractivity (Wildman–Crippen MR) is 129 cm³/mol. The number of ether oxygens (including phenoxy) is 2. The number of hydrogen-bond acceptors (Lipinski definition) is 7. The van der Waals surface area contributed by atoms with Gasteiger partial charge in [-0.1, -0.05) is 6.07 Å². The molecule has 0 unspecified atom stereocenters. The Balaban J connectivity index is 1.64. The van der Waals surface area contributed by atoms with E-state index in [9.17, 15) is 9.59 Å². The molecule has 3 N–H and O–H groups in total. The molecular weight excluding hydrogens is 436 g/mol. The van der Waals surface area contributed by atoms with Crippen molar-refractivity contribution >= 4 is 34.6 Å². The maximum absolute atomic E-state index is 13.2. The number of aromatic nitrogens is 3. The van der Waals surface area contributed by atoms with Crippen molar-refractivity contribution in [1.82, 2.24) is 19.4 Å². The molecule has 0 radical (unpaired) electrons. The summed E-state index contributed by atoms with van der Waals surface area (Å²) < 4.78 is 12.3. The average molecular weight is 467 g/mol. The van der Waals surface area contributed by atoms with Crippen molar-refractivity contribution in [2.45, 2.75) is 31.8 Å². The third-order valence-corrected chi connectivity index (χ3v) is 5.93. The number of imidazole rings is 1. The van der Waals surface area contributed by atoms with Crippen LogP contribution in [-0.4, -0.2) is 71.3 Å². The second kappa shape index (κ2) is 10.6. The zero-order valence-corrected chi connectivity index (χ0v) is 19.5. The highest BCUT2D eigenvalue weighted by Crippen LogP contribution is 2.24. The minimum absolute atomic E-state index is 0.0629. The number of fused-ring (bicyclic) bond motifs is 1. The SMILES string of the molecule is COCCCn1c(NC(=O)c2cccc(N)c2)nc2cc(C(=O)N3CCC[C@H]3COC)cnc21. The van der Waals surface area contributed by atoms with Crippen LogP contribution in [0.4, 0.5) is 11.6 Å². The molecule has 0 bridgehead atoms. The second-order valence-electron chi connectivity index (χ2n) is 8.33. The summed E-state index contributed by atoms with van der Waals surface area (Å²) in [5.74, 6) is -0.0614. The molecule has 1 atom stereocenters. The molecule has 2 aromatic heterocycles. The summed E-state index contributed by atoms with van der Waals surface area (Å²) in [6, 6.07) is 8.53. The van der Waals surface area contributed by atoms with Crippen LogP contribution in [0, 0.1) is 0 Å². The van der Waals surface area contributed by atoms with Gasteiger partial charge < -0.3 is 20.1 Å². The van der Waals surface area contributed by atoms with Gasteiger partial charge in [-0.25, -0.2) is 9.97 Å². The Morgan fingerprint density at radius 3 is 2.82 bits per heavy atom. The number of likely N-dealkylation sites (tertiary alicyclic amines) is 1. The lowest BCUT2D eigenvalue weighted by Gasteiger charge is -2.24. The summed E-state index contributed by atoms with van der Waals surface area (Å²) in [5, 5.41) is 2.86. The molecule has 2 amide bonds. The van der Waals surface area contributed by atoms with Crippen LogP contribution in [0.1, 0.15) is 40.0 Å². The number of anilines is 2. The molecule has 1 fully saturated rings. The number of hydrogen-bond donors (Lipinski definition) is 2. The summed E-state index contributed by atoms with van der Waals surface area (Å²) in [6.45, 7) is 2.29. The van der Waals surface area contributed by atoms with Gasteiger partial charge in [0.2, 0.25) is 5.95 Å². The van der Waals surface area contributed by atoms with E-state index in [0.29, 0.717) is 66.7 Å². The van der Waals surface area contributed by atoms with Crippen LogP contribution in [0.2, 0.25) is 0 Å². The van der Waals surface area contributed by atoms with Crippen LogP contribution in [0.15, 0.2) is 36.5 Å². The standard InChI is InChI=1S/C24H30N6O4/c1-33-11-5-10-30-21-20(27-24(30)28-22(31)16-6-3-7-18(25)12-16)13-17(14-26-21)23(32)29-9-4-8-19(29)15-34-2/h3,6-7,12-14,19H,4-5,8-11,15,25H2,1-2H3,(H,27,28,31)/t19-/m0/s1. The first-order valence-corrected chi connectivity index (χ1v) is 11.3. The summed E-state index contributed by atoms with van der Waals surface area (Å²) in [4.78, 5) is 37.0. The molecule has 10 heteroatoms.